The van der Waals surface area contributed by atoms with Gasteiger partial charge in [0, 0.05) is 32.2 Å². The fraction of sp³-hybridized carbons (Fsp3) is 0.533. The first-order valence-corrected chi connectivity index (χ1v) is 7.08. The molecule has 4 nitrogen and oxygen atoms in total. The predicted octanol–water partition coefficient (Wildman–Crippen LogP) is 1.94. The molecule has 7 heteroatoms. The Labute approximate surface area is 126 Å². The first kappa shape index (κ1) is 16.8. The number of hydrogen-bond donors (Lipinski definition) is 2. The molecule has 2 N–H and O–H groups in total. The Morgan fingerprint density at radius 2 is 1.82 bits per heavy atom. The molecule has 0 bridgehead atoms. The molecule has 1 fully saturated rings. The van der Waals surface area contributed by atoms with E-state index >= 15 is 0 Å². The lowest BCUT2D eigenvalue weighted by atomic mass is 9.90. The van der Waals surface area contributed by atoms with Crippen LogP contribution in [-0.2, 0) is 6.54 Å². The Hall–Kier alpha value is -1.60. The molecule has 122 valence electrons. The van der Waals surface area contributed by atoms with Crippen LogP contribution in [0, 0.1) is 0 Å². The Bertz CT molecular complexity index is 521. The van der Waals surface area contributed by atoms with Gasteiger partial charge >= 0.3 is 6.18 Å². The summed E-state index contributed by atoms with van der Waals surface area (Å²) in [6.45, 7) is 0.877. The van der Waals surface area contributed by atoms with E-state index in [1.54, 1.807) is 31.3 Å². The summed E-state index contributed by atoms with van der Waals surface area (Å²) in [5, 5.41) is 12.1. The number of likely N-dealkylation sites (tertiary alicyclic amines) is 1. The monoisotopic (exact) mass is 316 g/mol. The van der Waals surface area contributed by atoms with Crippen molar-refractivity contribution in [2.75, 3.05) is 20.1 Å². The van der Waals surface area contributed by atoms with E-state index in [4.69, 9.17) is 0 Å². The largest absolute Gasteiger partial charge is 0.417 e. The van der Waals surface area contributed by atoms with Gasteiger partial charge in [-0.3, -0.25) is 9.69 Å². The smallest absolute Gasteiger partial charge is 0.380 e. The molecule has 1 heterocycles. The van der Waals surface area contributed by atoms with Crippen LogP contribution in [0.3, 0.4) is 0 Å². The number of aliphatic hydroxyl groups is 1. The number of piperidine rings is 1. The molecule has 0 unspecified atom stereocenters. The number of amides is 1. The number of carbonyl (C=O) groups is 1. The van der Waals surface area contributed by atoms with Crippen molar-refractivity contribution in [2.24, 2.45) is 0 Å². The van der Waals surface area contributed by atoms with Gasteiger partial charge in [0.15, 0.2) is 5.60 Å². The third-order valence-electron chi connectivity index (χ3n) is 4.06. The van der Waals surface area contributed by atoms with Crippen LogP contribution in [0.2, 0.25) is 0 Å². The van der Waals surface area contributed by atoms with Crippen molar-refractivity contribution in [3.8, 4) is 0 Å². The molecular weight excluding hydrogens is 297 g/mol. The molecule has 0 aliphatic carbocycles. The maximum absolute atomic E-state index is 12.7. The van der Waals surface area contributed by atoms with Gasteiger partial charge < -0.3 is 10.4 Å². The molecule has 0 atom stereocenters. The van der Waals surface area contributed by atoms with Crippen LogP contribution in [-0.4, -0.2) is 47.8 Å². The van der Waals surface area contributed by atoms with Gasteiger partial charge in [0.05, 0.1) is 0 Å². The third-order valence-corrected chi connectivity index (χ3v) is 4.06. The molecule has 0 saturated carbocycles. The van der Waals surface area contributed by atoms with Gasteiger partial charge in [0.1, 0.15) is 0 Å². The number of hydrogen-bond acceptors (Lipinski definition) is 3. The molecule has 1 aliphatic heterocycles. The van der Waals surface area contributed by atoms with E-state index in [9.17, 15) is 23.1 Å². The summed E-state index contributed by atoms with van der Waals surface area (Å²) in [5.41, 5.74) is -1.10. The van der Waals surface area contributed by atoms with Gasteiger partial charge in [-0.1, -0.05) is 12.1 Å². The first-order chi connectivity index (χ1) is 10.2. The zero-order valence-corrected chi connectivity index (χ0v) is 12.3. The van der Waals surface area contributed by atoms with Crippen molar-refractivity contribution in [1.29, 1.82) is 0 Å². The van der Waals surface area contributed by atoms with Crippen molar-refractivity contribution < 1.29 is 23.1 Å². The van der Waals surface area contributed by atoms with E-state index in [2.05, 4.69) is 5.32 Å². The molecule has 22 heavy (non-hydrogen) atoms. The Balaban J connectivity index is 1.92. The lowest BCUT2D eigenvalue weighted by molar-refractivity contribution is -0.272. The van der Waals surface area contributed by atoms with E-state index in [0.717, 1.165) is 5.56 Å². The van der Waals surface area contributed by atoms with Gasteiger partial charge in [-0.05, 0) is 30.5 Å². The van der Waals surface area contributed by atoms with Crippen molar-refractivity contribution in [2.45, 2.75) is 31.2 Å². The zero-order chi connectivity index (χ0) is 16.4. The number of carbonyl (C=O) groups excluding carboxylic acids is 1. The number of benzene rings is 1. The summed E-state index contributed by atoms with van der Waals surface area (Å²) in [7, 11) is 1.55. The van der Waals surface area contributed by atoms with E-state index in [1.807, 2.05) is 4.90 Å². The SMILES string of the molecule is CNC(=O)c1ccc(CN2CCC(O)(C(F)(F)F)CC2)cc1. The summed E-state index contributed by atoms with van der Waals surface area (Å²) >= 11 is 0. The van der Waals surface area contributed by atoms with Crippen LogP contribution in [0.1, 0.15) is 28.8 Å². The van der Waals surface area contributed by atoms with Crippen LogP contribution in [0.25, 0.3) is 0 Å². The van der Waals surface area contributed by atoms with Crippen molar-refractivity contribution >= 4 is 5.91 Å². The van der Waals surface area contributed by atoms with Crippen LogP contribution in [0.4, 0.5) is 13.2 Å². The highest BCUT2D eigenvalue weighted by atomic mass is 19.4. The summed E-state index contributed by atoms with van der Waals surface area (Å²) in [4.78, 5) is 13.3. The number of nitrogens with zero attached hydrogens (tertiary/aromatic N) is 1. The maximum atomic E-state index is 12.7. The second kappa shape index (κ2) is 6.26. The highest BCUT2D eigenvalue weighted by Gasteiger charge is 2.54. The van der Waals surface area contributed by atoms with Crippen LogP contribution in [0.5, 0.6) is 0 Å². The molecule has 1 aliphatic rings. The summed E-state index contributed by atoms with van der Waals surface area (Å²) < 4.78 is 38.2. The second-order valence-electron chi connectivity index (χ2n) is 5.58. The molecule has 1 aromatic carbocycles. The third kappa shape index (κ3) is 3.59. The fourth-order valence-electron chi connectivity index (χ4n) is 2.53. The number of alkyl halides is 3. The molecule has 2 rings (SSSR count). The van der Waals surface area contributed by atoms with Crippen LogP contribution < -0.4 is 5.32 Å². The lowest BCUT2D eigenvalue weighted by Crippen LogP contribution is -2.53. The number of rotatable bonds is 3. The van der Waals surface area contributed by atoms with Gasteiger partial charge in [0.2, 0.25) is 0 Å². The van der Waals surface area contributed by atoms with Gasteiger partial charge in [-0.25, -0.2) is 0 Å². The molecule has 1 saturated heterocycles. The Morgan fingerprint density at radius 1 is 1.27 bits per heavy atom. The minimum absolute atomic E-state index is 0.181. The molecule has 1 amide bonds. The predicted molar refractivity (Wildman–Crippen MR) is 75.3 cm³/mol. The molecule has 0 aromatic heterocycles. The van der Waals surface area contributed by atoms with Crippen LogP contribution >= 0.6 is 0 Å². The van der Waals surface area contributed by atoms with E-state index in [0.29, 0.717) is 12.1 Å². The Kier molecular flexibility index (Phi) is 4.77. The minimum atomic E-state index is -4.58. The van der Waals surface area contributed by atoms with Crippen molar-refractivity contribution in [1.82, 2.24) is 10.2 Å². The topological polar surface area (TPSA) is 52.6 Å². The summed E-state index contributed by atoms with van der Waals surface area (Å²) in [6.07, 6.45) is -5.20. The minimum Gasteiger partial charge on any atom is -0.380 e. The van der Waals surface area contributed by atoms with E-state index < -0.39 is 11.8 Å². The van der Waals surface area contributed by atoms with E-state index in [1.165, 1.54) is 0 Å². The number of halogens is 3. The van der Waals surface area contributed by atoms with Gasteiger partial charge in [-0.2, -0.15) is 13.2 Å². The van der Waals surface area contributed by atoms with Gasteiger partial charge in [-0.15, -0.1) is 0 Å². The van der Waals surface area contributed by atoms with E-state index in [-0.39, 0.29) is 31.8 Å². The molecule has 0 radical (unpaired) electrons. The zero-order valence-electron chi connectivity index (χ0n) is 12.3. The Morgan fingerprint density at radius 3 is 2.27 bits per heavy atom. The normalized spacial score (nSPS) is 19.0. The maximum Gasteiger partial charge on any atom is 0.417 e. The molecule has 1 aromatic rings. The second-order valence-corrected chi connectivity index (χ2v) is 5.58. The summed E-state index contributed by atoms with van der Waals surface area (Å²) in [6, 6.07) is 6.94. The highest BCUT2D eigenvalue weighted by Crippen LogP contribution is 2.38. The first-order valence-electron chi connectivity index (χ1n) is 7.08. The highest BCUT2D eigenvalue weighted by molar-refractivity contribution is 5.93. The average Bonchev–Trinajstić information content (AvgIpc) is 2.48. The average molecular weight is 316 g/mol. The quantitative estimate of drug-likeness (QED) is 0.896. The molecular formula is C15H19F3N2O2. The van der Waals surface area contributed by atoms with Crippen molar-refractivity contribution in [3.63, 3.8) is 0 Å². The fourth-order valence-corrected chi connectivity index (χ4v) is 2.53. The lowest BCUT2D eigenvalue weighted by Gasteiger charge is -2.39. The standard InChI is InChI=1S/C15H19F3N2O2/c1-19-13(21)12-4-2-11(3-5-12)10-20-8-6-14(22,7-9-20)15(16,17)18/h2-5,22H,6-10H2,1H3,(H,19,21). The summed E-state index contributed by atoms with van der Waals surface area (Å²) in [5.74, 6) is -0.181. The van der Waals surface area contributed by atoms with Gasteiger partial charge in [0.25, 0.3) is 5.91 Å². The van der Waals surface area contributed by atoms with Crippen LogP contribution in [0.15, 0.2) is 24.3 Å². The molecule has 0 spiro atoms. The van der Waals surface area contributed by atoms with Crippen molar-refractivity contribution in [3.05, 3.63) is 35.4 Å². The number of nitrogens with one attached hydrogen (secondary N) is 1.